The molecule has 0 radical (unpaired) electrons. The molecule has 2 heterocycles. The molecule has 2 aromatic heterocycles. The van der Waals surface area contributed by atoms with Crippen molar-refractivity contribution in [2.75, 3.05) is 0 Å². The molecule has 0 saturated carbocycles. The Balaban J connectivity index is 2.29. The Bertz CT molecular complexity index is 741. The number of aromatic nitrogens is 4. The van der Waals surface area contributed by atoms with E-state index in [2.05, 4.69) is 31.1 Å². The Labute approximate surface area is 121 Å². The minimum atomic E-state index is 0.377. The number of hydrogen-bond acceptors (Lipinski definition) is 3. The Kier molecular flexibility index (Phi) is 2.97. The highest BCUT2D eigenvalue weighted by atomic mass is 79.9. The van der Waals surface area contributed by atoms with Gasteiger partial charge in [0.15, 0.2) is 11.5 Å². The molecule has 0 fully saturated rings. The largest absolute Gasteiger partial charge is 0.265 e. The van der Waals surface area contributed by atoms with Crippen LogP contribution in [0, 0.1) is 0 Å². The maximum Gasteiger partial charge on any atom is 0.171 e. The molecule has 3 rings (SSSR count). The summed E-state index contributed by atoms with van der Waals surface area (Å²) < 4.78 is 2.54. The number of rotatable bonds is 1. The third kappa shape index (κ3) is 1.88. The third-order valence-electron chi connectivity index (χ3n) is 2.46. The number of hydrogen-bond donors (Lipinski definition) is 0. The van der Waals surface area contributed by atoms with Crippen LogP contribution in [-0.4, -0.2) is 19.6 Å². The molecule has 0 N–H and O–H groups in total. The summed E-state index contributed by atoms with van der Waals surface area (Å²) in [4.78, 5) is 4.01. The fraction of sp³-hybridized carbons (Fsp3) is 0. The zero-order valence-electron chi connectivity index (χ0n) is 8.81. The van der Waals surface area contributed by atoms with Crippen LogP contribution in [0.4, 0.5) is 0 Å². The van der Waals surface area contributed by atoms with Gasteiger partial charge >= 0.3 is 0 Å². The van der Waals surface area contributed by atoms with Crippen molar-refractivity contribution in [3.8, 4) is 11.4 Å². The van der Waals surface area contributed by atoms with Crippen LogP contribution in [0.2, 0.25) is 10.2 Å². The molecule has 0 spiro atoms. The summed E-state index contributed by atoms with van der Waals surface area (Å²) in [5, 5.41) is 9.12. The van der Waals surface area contributed by atoms with Crippen molar-refractivity contribution in [3.05, 3.63) is 45.2 Å². The van der Waals surface area contributed by atoms with E-state index in [1.165, 1.54) is 0 Å². The van der Waals surface area contributed by atoms with Gasteiger partial charge < -0.3 is 0 Å². The molecule has 3 aromatic rings. The molecule has 90 valence electrons. The summed E-state index contributed by atoms with van der Waals surface area (Å²) in [5.74, 6) is 0.625. The average Bonchev–Trinajstić information content (AvgIpc) is 2.75. The molecule has 4 nitrogen and oxygen atoms in total. The van der Waals surface area contributed by atoms with Crippen molar-refractivity contribution < 1.29 is 0 Å². The van der Waals surface area contributed by atoms with Crippen LogP contribution in [0.25, 0.3) is 17.0 Å². The molecule has 0 atom stereocenters. The van der Waals surface area contributed by atoms with Gasteiger partial charge in [0.05, 0.1) is 5.02 Å². The Hall–Kier alpha value is -1.17. The fourth-order valence-electron chi connectivity index (χ4n) is 1.63. The van der Waals surface area contributed by atoms with Crippen molar-refractivity contribution in [1.29, 1.82) is 0 Å². The van der Waals surface area contributed by atoms with Gasteiger partial charge in [0.2, 0.25) is 0 Å². The van der Waals surface area contributed by atoms with Crippen LogP contribution in [0.3, 0.4) is 0 Å². The molecule has 0 amide bonds. The minimum absolute atomic E-state index is 0.377. The van der Waals surface area contributed by atoms with Gasteiger partial charge in [0.1, 0.15) is 11.5 Å². The van der Waals surface area contributed by atoms with Gasteiger partial charge in [-0.05, 0) is 28.1 Å². The quantitative estimate of drug-likeness (QED) is 0.630. The molecular weight excluding hydrogens is 339 g/mol. The number of benzene rings is 1. The van der Waals surface area contributed by atoms with Crippen LogP contribution >= 0.6 is 39.1 Å². The van der Waals surface area contributed by atoms with Crippen LogP contribution in [0.1, 0.15) is 0 Å². The summed E-state index contributed by atoms with van der Waals surface area (Å²) in [6, 6.07) is 7.27. The van der Waals surface area contributed by atoms with Gasteiger partial charge in [-0.2, -0.15) is 0 Å². The van der Waals surface area contributed by atoms with Crippen molar-refractivity contribution in [3.63, 3.8) is 0 Å². The highest BCUT2D eigenvalue weighted by Gasteiger charge is 2.13. The monoisotopic (exact) mass is 342 g/mol. The van der Waals surface area contributed by atoms with Gasteiger partial charge in [-0.1, -0.05) is 29.3 Å². The Morgan fingerprint density at radius 3 is 2.83 bits per heavy atom. The first-order valence-corrected chi connectivity index (χ1v) is 6.52. The van der Waals surface area contributed by atoms with E-state index in [0.29, 0.717) is 21.6 Å². The second-order valence-corrected chi connectivity index (χ2v) is 5.18. The lowest BCUT2D eigenvalue weighted by Gasteiger charge is -2.03. The molecule has 1 aromatic carbocycles. The first kappa shape index (κ1) is 11.9. The zero-order chi connectivity index (χ0) is 12.7. The highest BCUT2D eigenvalue weighted by Crippen LogP contribution is 2.32. The van der Waals surface area contributed by atoms with Crippen LogP contribution in [0.5, 0.6) is 0 Å². The maximum atomic E-state index is 6.24. The first-order valence-electron chi connectivity index (χ1n) is 4.97. The maximum absolute atomic E-state index is 6.24. The van der Waals surface area contributed by atoms with Crippen molar-refractivity contribution in [2.45, 2.75) is 0 Å². The summed E-state index contributed by atoms with van der Waals surface area (Å²) in [5.41, 5.74) is 1.41. The van der Waals surface area contributed by atoms with Crippen LogP contribution < -0.4 is 0 Å². The highest BCUT2D eigenvalue weighted by molar-refractivity contribution is 9.10. The van der Waals surface area contributed by atoms with Crippen molar-refractivity contribution in [2.24, 2.45) is 0 Å². The smallest absolute Gasteiger partial charge is 0.171 e. The van der Waals surface area contributed by atoms with E-state index in [9.17, 15) is 0 Å². The van der Waals surface area contributed by atoms with Crippen molar-refractivity contribution in [1.82, 2.24) is 19.6 Å². The molecule has 0 unspecified atom stereocenters. The van der Waals surface area contributed by atoms with E-state index in [4.69, 9.17) is 23.2 Å². The zero-order valence-corrected chi connectivity index (χ0v) is 11.9. The Morgan fingerprint density at radius 2 is 2.00 bits per heavy atom. The molecule has 18 heavy (non-hydrogen) atoms. The molecule has 0 aliphatic heterocycles. The lowest BCUT2D eigenvalue weighted by Crippen LogP contribution is -1.92. The SMILES string of the molecule is Clc1cc2nnc(-c3cccc(Br)c3Cl)n2cn1. The molecule has 0 bridgehead atoms. The number of nitrogens with zero attached hydrogens (tertiary/aromatic N) is 4. The molecule has 7 heteroatoms. The minimum Gasteiger partial charge on any atom is -0.265 e. The van der Waals surface area contributed by atoms with E-state index in [1.807, 2.05) is 18.2 Å². The second-order valence-electron chi connectivity index (χ2n) is 3.56. The van der Waals surface area contributed by atoms with Gasteiger partial charge in [0.25, 0.3) is 0 Å². The van der Waals surface area contributed by atoms with Gasteiger partial charge in [0, 0.05) is 16.1 Å². The number of halogens is 3. The lowest BCUT2D eigenvalue weighted by molar-refractivity contribution is 1.08. The molecule has 0 aliphatic rings. The third-order valence-corrected chi connectivity index (χ3v) is 3.96. The summed E-state index contributed by atoms with van der Waals surface area (Å²) >= 11 is 15.4. The van der Waals surface area contributed by atoms with E-state index >= 15 is 0 Å². The number of fused-ring (bicyclic) bond motifs is 1. The average molecular weight is 344 g/mol. The Morgan fingerprint density at radius 1 is 1.17 bits per heavy atom. The predicted molar refractivity (Wildman–Crippen MR) is 73.9 cm³/mol. The molecule has 0 saturated heterocycles. The van der Waals surface area contributed by atoms with Crippen LogP contribution in [0.15, 0.2) is 35.1 Å². The lowest BCUT2D eigenvalue weighted by atomic mass is 10.2. The topological polar surface area (TPSA) is 43.1 Å². The van der Waals surface area contributed by atoms with Gasteiger partial charge in [-0.15, -0.1) is 10.2 Å². The van der Waals surface area contributed by atoms with E-state index in [1.54, 1.807) is 16.8 Å². The van der Waals surface area contributed by atoms with Gasteiger partial charge in [-0.25, -0.2) is 4.98 Å². The van der Waals surface area contributed by atoms with E-state index in [-0.39, 0.29) is 0 Å². The standard InChI is InChI=1S/C11H5BrCl2N4/c12-7-3-1-2-6(10(7)14)11-17-16-9-4-8(13)15-5-18(9)11/h1-5H. The van der Waals surface area contributed by atoms with E-state index in [0.717, 1.165) is 10.0 Å². The fourth-order valence-corrected chi connectivity index (χ4v) is 2.35. The predicted octanol–water partition coefficient (Wildman–Crippen LogP) is 3.86. The van der Waals surface area contributed by atoms with Gasteiger partial charge in [-0.3, -0.25) is 4.40 Å². The van der Waals surface area contributed by atoms with E-state index < -0.39 is 0 Å². The molecular formula is C11H5BrCl2N4. The second kappa shape index (κ2) is 4.50. The molecule has 0 aliphatic carbocycles. The first-order chi connectivity index (χ1) is 8.66. The van der Waals surface area contributed by atoms with Crippen molar-refractivity contribution >= 4 is 44.8 Å². The normalized spacial score (nSPS) is 11.1. The summed E-state index contributed by atoms with van der Waals surface area (Å²) in [6.07, 6.45) is 1.57. The van der Waals surface area contributed by atoms with Crippen LogP contribution in [-0.2, 0) is 0 Å². The summed E-state index contributed by atoms with van der Waals surface area (Å²) in [6.45, 7) is 0. The summed E-state index contributed by atoms with van der Waals surface area (Å²) in [7, 11) is 0.